The van der Waals surface area contributed by atoms with Crippen LogP contribution in [0.15, 0.2) is 24.3 Å². The SMILES string of the molecule is CC1CCCC(C)N1CCCCOc1ccc(C=O)cc1. The second-order valence-electron chi connectivity index (χ2n) is 6.11. The van der Waals surface area contributed by atoms with Crippen LogP contribution in [0.4, 0.5) is 0 Å². The fourth-order valence-electron chi connectivity index (χ4n) is 3.14. The van der Waals surface area contributed by atoms with E-state index >= 15 is 0 Å². The number of piperidine rings is 1. The van der Waals surface area contributed by atoms with Crippen molar-refractivity contribution in [3.05, 3.63) is 29.8 Å². The Labute approximate surface area is 128 Å². The summed E-state index contributed by atoms with van der Waals surface area (Å²) in [5, 5.41) is 0. The molecule has 0 aliphatic carbocycles. The third kappa shape index (κ3) is 4.85. The number of unbranched alkanes of at least 4 members (excludes halogenated alkanes) is 1. The lowest BCUT2D eigenvalue weighted by atomic mass is 9.97. The minimum absolute atomic E-state index is 0.690. The van der Waals surface area contributed by atoms with E-state index in [1.165, 1.54) is 32.2 Å². The van der Waals surface area contributed by atoms with Crippen LogP contribution in [0.5, 0.6) is 5.75 Å². The molecule has 3 nitrogen and oxygen atoms in total. The molecule has 0 bridgehead atoms. The number of rotatable bonds is 7. The van der Waals surface area contributed by atoms with E-state index in [0.717, 1.165) is 37.1 Å². The summed E-state index contributed by atoms with van der Waals surface area (Å²) in [6.45, 7) is 6.62. The van der Waals surface area contributed by atoms with Crippen molar-refractivity contribution in [2.24, 2.45) is 0 Å². The highest BCUT2D eigenvalue weighted by Crippen LogP contribution is 2.22. The number of ether oxygens (including phenoxy) is 1. The van der Waals surface area contributed by atoms with Gasteiger partial charge in [-0.15, -0.1) is 0 Å². The minimum Gasteiger partial charge on any atom is -0.494 e. The monoisotopic (exact) mass is 289 g/mol. The summed E-state index contributed by atoms with van der Waals surface area (Å²) in [7, 11) is 0. The first-order chi connectivity index (χ1) is 10.2. The zero-order valence-electron chi connectivity index (χ0n) is 13.3. The van der Waals surface area contributed by atoms with Crippen molar-refractivity contribution < 1.29 is 9.53 Å². The summed E-state index contributed by atoms with van der Waals surface area (Å²) >= 11 is 0. The standard InChI is InChI=1S/C18H27NO2/c1-15-6-5-7-16(2)19(15)12-3-4-13-21-18-10-8-17(14-20)9-11-18/h8-11,14-16H,3-7,12-13H2,1-2H3. The average Bonchev–Trinajstić information content (AvgIpc) is 2.50. The maximum Gasteiger partial charge on any atom is 0.150 e. The van der Waals surface area contributed by atoms with Crippen molar-refractivity contribution >= 4 is 6.29 Å². The molecule has 21 heavy (non-hydrogen) atoms. The van der Waals surface area contributed by atoms with Gasteiger partial charge < -0.3 is 4.74 Å². The van der Waals surface area contributed by atoms with Gasteiger partial charge in [-0.3, -0.25) is 9.69 Å². The first-order valence-corrected chi connectivity index (χ1v) is 8.14. The van der Waals surface area contributed by atoms with E-state index in [4.69, 9.17) is 4.74 Å². The van der Waals surface area contributed by atoms with Crippen molar-refractivity contribution in [2.75, 3.05) is 13.2 Å². The van der Waals surface area contributed by atoms with Crippen LogP contribution in [0.1, 0.15) is 56.3 Å². The molecule has 2 atom stereocenters. The Morgan fingerprint density at radius 3 is 2.43 bits per heavy atom. The molecule has 2 unspecified atom stereocenters. The van der Waals surface area contributed by atoms with Gasteiger partial charge in [0.05, 0.1) is 6.61 Å². The molecule has 3 heteroatoms. The van der Waals surface area contributed by atoms with Crippen LogP contribution in [0, 0.1) is 0 Å². The smallest absolute Gasteiger partial charge is 0.150 e. The first kappa shape index (κ1) is 16.0. The van der Waals surface area contributed by atoms with Gasteiger partial charge in [0, 0.05) is 17.6 Å². The molecule has 0 amide bonds. The van der Waals surface area contributed by atoms with E-state index in [1.807, 2.05) is 12.1 Å². The van der Waals surface area contributed by atoms with Crippen LogP contribution in [0.3, 0.4) is 0 Å². The number of carbonyl (C=O) groups is 1. The van der Waals surface area contributed by atoms with E-state index in [2.05, 4.69) is 18.7 Å². The zero-order valence-corrected chi connectivity index (χ0v) is 13.3. The molecular weight excluding hydrogens is 262 g/mol. The van der Waals surface area contributed by atoms with Crippen LogP contribution in [-0.2, 0) is 0 Å². The van der Waals surface area contributed by atoms with Crippen LogP contribution in [-0.4, -0.2) is 36.4 Å². The average molecular weight is 289 g/mol. The molecule has 0 spiro atoms. The van der Waals surface area contributed by atoms with E-state index in [-0.39, 0.29) is 0 Å². The van der Waals surface area contributed by atoms with Crippen LogP contribution >= 0.6 is 0 Å². The lowest BCUT2D eigenvalue weighted by Gasteiger charge is -2.39. The third-order valence-corrected chi connectivity index (χ3v) is 4.47. The summed E-state index contributed by atoms with van der Waals surface area (Å²) in [6.07, 6.45) is 7.16. The number of benzene rings is 1. The Bertz CT molecular complexity index is 419. The van der Waals surface area contributed by atoms with Crippen molar-refractivity contribution in [1.82, 2.24) is 4.90 Å². The number of hydrogen-bond donors (Lipinski definition) is 0. The van der Waals surface area contributed by atoms with Gasteiger partial charge in [0.25, 0.3) is 0 Å². The van der Waals surface area contributed by atoms with Gasteiger partial charge in [0.1, 0.15) is 12.0 Å². The predicted octanol–water partition coefficient (Wildman–Crippen LogP) is 3.92. The molecule has 1 heterocycles. The number of likely N-dealkylation sites (tertiary alicyclic amines) is 1. The van der Waals surface area contributed by atoms with Crippen LogP contribution in [0.2, 0.25) is 0 Å². The summed E-state index contributed by atoms with van der Waals surface area (Å²) < 4.78 is 5.71. The molecule has 2 rings (SSSR count). The second-order valence-corrected chi connectivity index (χ2v) is 6.11. The van der Waals surface area contributed by atoms with E-state index < -0.39 is 0 Å². The molecule has 1 aliphatic rings. The second kappa shape index (κ2) is 8.18. The first-order valence-electron chi connectivity index (χ1n) is 8.14. The topological polar surface area (TPSA) is 29.5 Å². The van der Waals surface area contributed by atoms with Gasteiger partial charge in [-0.2, -0.15) is 0 Å². The van der Waals surface area contributed by atoms with Crippen molar-refractivity contribution in [3.63, 3.8) is 0 Å². The van der Waals surface area contributed by atoms with Crippen molar-refractivity contribution in [2.45, 2.75) is 58.0 Å². The molecule has 116 valence electrons. The highest BCUT2D eigenvalue weighted by molar-refractivity contribution is 5.74. The Hall–Kier alpha value is -1.35. The molecule has 1 aromatic rings. The number of hydrogen-bond acceptors (Lipinski definition) is 3. The maximum atomic E-state index is 10.6. The van der Waals surface area contributed by atoms with Crippen molar-refractivity contribution in [1.29, 1.82) is 0 Å². The number of nitrogens with zero attached hydrogens (tertiary/aromatic N) is 1. The van der Waals surface area contributed by atoms with Gasteiger partial charge in [0.15, 0.2) is 0 Å². The molecule has 1 saturated heterocycles. The largest absolute Gasteiger partial charge is 0.494 e. The van der Waals surface area contributed by atoms with E-state index in [0.29, 0.717) is 5.56 Å². The fraction of sp³-hybridized carbons (Fsp3) is 0.611. The van der Waals surface area contributed by atoms with Crippen LogP contribution < -0.4 is 4.74 Å². The molecule has 0 N–H and O–H groups in total. The highest BCUT2D eigenvalue weighted by Gasteiger charge is 2.23. The van der Waals surface area contributed by atoms with Gasteiger partial charge >= 0.3 is 0 Å². The number of aldehydes is 1. The van der Waals surface area contributed by atoms with E-state index in [9.17, 15) is 4.79 Å². The van der Waals surface area contributed by atoms with Gasteiger partial charge in [-0.05, 0) is 70.3 Å². The van der Waals surface area contributed by atoms with Gasteiger partial charge in [-0.1, -0.05) is 6.42 Å². The minimum atomic E-state index is 0.690. The lowest BCUT2D eigenvalue weighted by Crippen LogP contribution is -2.44. The summed E-state index contributed by atoms with van der Waals surface area (Å²) in [5.74, 6) is 0.848. The summed E-state index contributed by atoms with van der Waals surface area (Å²) in [5.41, 5.74) is 0.690. The Morgan fingerprint density at radius 1 is 1.14 bits per heavy atom. The quantitative estimate of drug-likeness (QED) is 0.563. The number of carbonyl (C=O) groups excluding carboxylic acids is 1. The third-order valence-electron chi connectivity index (χ3n) is 4.47. The maximum absolute atomic E-state index is 10.6. The zero-order chi connectivity index (χ0) is 15.1. The summed E-state index contributed by atoms with van der Waals surface area (Å²) in [4.78, 5) is 13.2. The molecular formula is C18H27NO2. The molecule has 1 fully saturated rings. The molecule has 1 aliphatic heterocycles. The van der Waals surface area contributed by atoms with Gasteiger partial charge in [-0.25, -0.2) is 0 Å². The molecule has 1 aromatic carbocycles. The predicted molar refractivity (Wildman–Crippen MR) is 86.0 cm³/mol. The van der Waals surface area contributed by atoms with E-state index in [1.54, 1.807) is 12.1 Å². The van der Waals surface area contributed by atoms with Gasteiger partial charge in [0.2, 0.25) is 0 Å². The lowest BCUT2D eigenvalue weighted by molar-refractivity contribution is 0.0996. The normalized spacial score (nSPS) is 23.0. The Balaban J connectivity index is 1.64. The molecule has 0 radical (unpaired) electrons. The molecule has 0 saturated carbocycles. The fourth-order valence-corrected chi connectivity index (χ4v) is 3.14. The van der Waals surface area contributed by atoms with Crippen molar-refractivity contribution in [3.8, 4) is 5.75 Å². The molecule has 0 aromatic heterocycles. The Kier molecular flexibility index (Phi) is 6.24. The summed E-state index contributed by atoms with van der Waals surface area (Å²) in [6, 6.07) is 8.76. The van der Waals surface area contributed by atoms with Crippen LogP contribution in [0.25, 0.3) is 0 Å². The Morgan fingerprint density at radius 2 is 1.81 bits per heavy atom. The highest BCUT2D eigenvalue weighted by atomic mass is 16.5.